The van der Waals surface area contributed by atoms with Crippen molar-refractivity contribution in [1.29, 1.82) is 0 Å². The van der Waals surface area contributed by atoms with Crippen molar-refractivity contribution < 1.29 is 84.0 Å². The Labute approximate surface area is 283 Å². The van der Waals surface area contributed by atoms with Crippen LogP contribution in [0.15, 0.2) is 0 Å². The lowest BCUT2D eigenvalue weighted by molar-refractivity contribution is -0.376. The molecule has 3 aliphatic rings. The average molecular weight is 716 g/mol. The second-order valence-corrected chi connectivity index (χ2v) is 12.2. The highest BCUT2D eigenvalue weighted by atomic mass is 16.8. The van der Waals surface area contributed by atoms with Crippen molar-refractivity contribution >= 4 is 11.8 Å². The fourth-order valence-corrected chi connectivity index (χ4v) is 5.78. The molecule has 3 heterocycles. The van der Waals surface area contributed by atoms with Crippen LogP contribution in [-0.4, -0.2) is 189 Å². The Morgan fingerprint density at radius 2 is 1.27 bits per heavy atom. The molecule has 3 aliphatic heterocycles. The fraction of sp³-hybridized carbons (Fsp3) is 0.931. The maximum absolute atomic E-state index is 12.1. The summed E-state index contributed by atoms with van der Waals surface area (Å²) in [6.07, 6.45) is -19.9. The van der Waals surface area contributed by atoms with E-state index < -0.39 is 118 Å². The summed E-state index contributed by atoms with van der Waals surface area (Å²) in [5.74, 6) is -0.698. The van der Waals surface area contributed by atoms with Gasteiger partial charge in [0.25, 0.3) is 0 Å². The first-order chi connectivity index (χ1) is 23.4. The molecule has 0 aromatic carbocycles. The number of carbonyl (C=O) groups is 2. The SMILES string of the molecule is CC(=O)N[C@H]1[C@H](OCCCNC(=O)CCCCCN)O[C@H](CO)[C@@H](O[C@H]2O[C@H](CO)[C@H](O)[C@H](O[C@H]3O[C@H](CO)[C@H](O)[C@H](O)[C@H]3O)[C@H]2O)[C@@H]1O. The highest BCUT2D eigenvalue weighted by Crippen LogP contribution is 2.32. The first-order valence-corrected chi connectivity index (χ1v) is 16.4. The smallest absolute Gasteiger partial charge is 0.219 e. The van der Waals surface area contributed by atoms with E-state index in [1.54, 1.807) is 0 Å². The number of aliphatic hydroxyl groups excluding tert-OH is 9. The summed E-state index contributed by atoms with van der Waals surface area (Å²) in [5.41, 5.74) is 5.45. The van der Waals surface area contributed by atoms with Gasteiger partial charge in [-0.05, 0) is 25.8 Å². The first kappa shape index (κ1) is 41.7. The molecule has 0 radical (unpaired) electrons. The van der Waals surface area contributed by atoms with Gasteiger partial charge in [-0.25, -0.2) is 0 Å². The normalized spacial score (nSPS) is 39.8. The Balaban J connectivity index is 1.67. The maximum atomic E-state index is 12.1. The predicted molar refractivity (Wildman–Crippen MR) is 162 cm³/mol. The van der Waals surface area contributed by atoms with Crippen LogP contribution in [0.5, 0.6) is 0 Å². The minimum Gasteiger partial charge on any atom is -0.394 e. The van der Waals surface area contributed by atoms with Crippen molar-refractivity contribution in [2.75, 3.05) is 39.5 Å². The number of hydrogen-bond acceptors (Lipinski definition) is 18. The molecular formula is C29H53N3O17. The topological polar surface area (TPSA) is 322 Å². The van der Waals surface area contributed by atoms with E-state index in [4.69, 9.17) is 34.2 Å². The van der Waals surface area contributed by atoms with E-state index in [1.165, 1.54) is 6.92 Å². The molecule has 0 aromatic heterocycles. The van der Waals surface area contributed by atoms with Crippen LogP contribution in [0.3, 0.4) is 0 Å². The van der Waals surface area contributed by atoms with E-state index in [-0.39, 0.29) is 19.1 Å². The second-order valence-electron chi connectivity index (χ2n) is 12.2. The highest BCUT2D eigenvalue weighted by Gasteiger charge is 2.54. The molecule has 20 nitrogen and oxygen atoms in total. The zero-order valence-electron chi connectivity index (χ0n) is 27.3. The van der Waals surface area contributed by atoms with Gasteiger partial charge >= 0.3 is 0 Å². The van der Waals surface area contributed by atoms with E-state index in [9.17, 15) is 55.5 Å². The molecule has 15 atom stereocenters. The van der Waals surface area contributed by atoms with Gasteiger partial charge in [-0.15, -0.1) is 0 Å². The molecule has 0 spiro atoms. The molecule has 286 valence electrons. The minimum atomic E-state index is -1.93. The third-order valence-corrected chi connectivity index (χ3v) is 8.51. The average Bonchev–Trinajstić information content (AvgIpc) is 3.08. The van der Waals surface area contributed by atoms with Crippen LogP contribution < -0.4 is 16.4 Å². The first-order valence-electron chi connectivity index (χ1n) is 16.4. The van der Waals surface area contributed by atoms with Crippen LogP contribution >= 0.6 is 0 Å². The summed E-state index contributed by atoms with van der Waals surface area (Å²) >= 11 is 0. The Morgan fingerprint density at radius 3 is 1.88 bits per heavy atom. The van der Waals surface area contributed by atoms with Crippen molar-refractivity contribution in [2.45, 2.75) is 131 Å². The Kier molecular flexibility index (Phi) is 17.3. The number of rotatable bonds is 18. The molecule has 0 aromatic rings. The van der Waals surface area contributed by atoms with E-state index in [0.717, 1.165) is 12.8 Å². The van der Waals surface area contributed by atoms with Crippen LogP contribution in [-0.2, 0) is 38.0 Å². The van der Waals surface area contributed by atoms with E-state index in [0.29, 0.717) is 25.8 Å². The van der Waals surface area contributed by atoms with Crippen LogP contribution in [0, 0.1) is 0 Å². The molecule has 0 aliphatic carbocycles. The number of aliphatic hydroxyl groups is 9. The Morgan fingerprint density at radius 1 is 0.673 bits per heavy atom. The zero-order valence-corrected chi connectivity index (χ0v) is 27.3. The molecule has 3 rings (SSSR count). The summed E-state index contributed by atoms with van der Waals surface area (Å²) in [7, 11) is 0. The zero-order chi connectivity index (χ0) is 36.2. The number of carbonyl (C=O) groups excluding carboxylic acids is 2. The molecule has 2 amide bonds. The van der Waals surface area contributed by atoms with Gasteiger partial charge in [0, 0.05) is 19.9 Å². The van der Waals surface area contributed by atoms with E-state index >= 15 is 0 Å². The summed E-state index contributed by atoms with van der Waals surface area (Å²) in [6, 6.07) is -1.26. The lowest BCUT2D eigenvalue weighted by Gasteiger charge is -2.48. The lowest BCUT2D eigenvalue weighted by atomic mass is 9.95. The molecule has 49 heavy (non-hydrogen) atoms. The minimum absolute atomic E-state index is 0.0298. The molecular weight excluding hydrogens is 662 g/mol. The van der Waals surface area contributed by atoms with Gasteiger partial charge in [0.2, 0.25) is 11.8 Å². The summed E-state index contributed by atoms with van der Waals surface area (Å²) < 4.78 is 33.8. The van der Waals surface area contributed by atoms with Crippen LogP contribution in [0.4, 0.5) is 0 Å². The highest BCUT2D eigenvalue weighted by molar-refractivity contribution is 5.75. The van der Waals surface area contributed by atoms with Crippen LogP contribution in [0.2, 0.25) is 0 Å². The number of amides is 2. The Hall–Kier alpha value is -1.70. The number of nitrogens with one attached hydrogen (secondary N) is 2. The molecule has 0 unspecified atom stereocenters. The van der Waals surface area contributed by atoms with Crippen molar-refractivity contribution in [3.05, 3.63) is 0 Å². The quantitative estimate of drug-likeness (QED) is 0.0587. The van der Waals surface area contributed by atoms with Gasteiger partial charge in [0.15, 0.2) is 18.9 Å². The monoisotopic (exact) mass is 715 g/mol. The molecule has 0 bridgehead atoms. The van der Waals surface area contributed by atoms with Crippen molar-refractivity contribution in [3.8, 4) is 0 Å². The van der Waals surface area contributed by atoms with Crippen LogP contribution in [0.1, 0.15) is 39.0 Å². The van der Waals surface area contributed by atoms with Gasteiger partial charge in [-0.1, -0.05) is 6.42 Å². The Bertz CT molecular complexity index is 1000. The molecule has 3 fully saturated rings. The van der Waals surface area contributed by atoms with E-state index in [1.807, 2.05) is 0 Å². The van der Waals surface area contributed by atoms with Gasteiger partial charge in [-0.2, -0.15) is 0 Å². The number of nitrogens with two attached hydrogens (primary N) is 1. The molecule has 3 saturated heterocycles. The second kappa shape index (κ2) is 20.4. The third kappa shape index (κ3) is 11.1. The number of hydrogen-bond donors (Lipinski definition) is 12. The third-order valence-electron chi connectivity index (χ3n) is 8.51. The van der Waals surface area contributed by atoms with Gasteiger partial charge in [0.1, 0.15) is 73.2 Å². The summed E-state index contributed by atoms with van der Waals surface area (Å²) in [4.78, 5) is 24.0. The van der Waals surface area contributed by atoms with Gasteiger partial charge in [0.05, 0.1) is 26.4 Å². The largest absolute Gasteiger partial charge is 0.394 e. The molecule has 20 heteroatoms. The van der Waals surface area contributed by atoms with Gasteiger partial charge < -0.3 is 90.7 Å². The predicted octanol–water partition coefficient (Wildman–Crippen LogP) is -6.38. The number of unbranched alkanes of at least 4 members (excludes halogenated alkanes) is 2. The van der Waals surface area contributed by atoms with Crippen molar-refractivity contribution in [2.24, 2.45) is 5.73 Å². The maximum Gasteiger partial charge on any atom is 0.219 e. The van der Waals surface area contributed by atoms with Crippen molar-refractivity contribution in [3.63, 3.8) is 0 Å². The summed E-state index contributed by atoms with van der Waals surface area (Å²) in [6.45, 7) is -0.279. The summed E-state index contributed by atoms with van der Waals surface area (Å²) in [5, 5.41) is 98.6. The lowest BCUT2D eigenvalue weighted by Crippen LogP contribution is -2.68. The number of ether oxygens (including phenoxy) is 6. The standard InChI is InChI=1S/C29H53N3O17/c1-13(36)32-18-21(40)25(16(12-35)47-27(18)44-9-5-8-31-17(37)6-3-2-4-7-30)48-29-24(43)26(20(39)15(11-34)46-29)49-28-23(42)22(41)19(38)14(10-33)45-28/h14-16,18-29,33-35,38-43H,2-12,30H2,1H3,(H,31,37)(H,32,36)/t14-,15-,16-,18-,19+,20+,21-,22+,23-,24-,25-,26+,27-,28-,29-/m1/s1. The van der Waals surface area contributed by atoms with Crippen molar-refractivity contribution in [1.82, 2.24) is 10.6 Å². The molecule has 13 N–H and O–H groups in total. The fourth-order valence-electron chi connectivity index (χ4n) is 5.78. The van der Waals surface area contributed by atoms with E-state index in [2.05, 4.69) is 10.6 Å². The van der Waals surface area contributed by atoms with Gasteiger partial charge in [-0.3, -0.25) is 9.59 Å². The molecule has 0 saturated carbocycles. The van der Waals surface area contributed by atoms with Crippen LogP contribution in [0.25, 0.3) is 0 Å².